The number of aromatic nitrogens is 2. The normalized spacial score (nSPS) is 14.4. The molecule has 0 spiro atoms. The molecule has 0 saturated carbocycles. The maximum Gasteiger partial charge on any atom is 0.252 e. The Kier molecular flexibility index (Phi) is 5.42. The maximum atomic E-state index is 12.3. The molecule has 3 rings (SSSR count). The van der Waals surface area contributed by atoms with Crippen LogP contribution in [0.1, 0.15) is 11.4 Å². The van der Waals surface area contributed by atoms with Crippen molar-refractivity contribution in [2.45, 2.75) is 13.0 Å². The molecule has 1 aliphatic rings. The number of hydrogen-bond acceptors (Lipinski definition) is 6. The van der Waals surface area contributed by atoms with Gasteiger partial charge in [-0.1, -0.05) is 18.2 Å². The summed E-state index contributed by atoms with van der Waals surface area (Å²) in [6.45, 7) is 2.87. The standard InChI is InChI=1S/C17H21N5O3/c18-11-12-3-1-2-4-13(12)19-16(23)9-14-20-15(10-17(24)21-14)22-5-7-25-8-6-22/h1-4,10H,5-9,11,18H2,(H,19,23)(H,20,21,24). The fourth-order valence-electron chi connectivity index (χ4n) is 2.70. The summed E-state index contributed by atoms with van der Waals surface area (Å²) in [6.07, 6.45) is -0.0215. The monoisotopic (exact) mass is 343 g/mol. The zero-order chi connectivity index (χ0) is 17.6. The van der Waals surface area contributed by atoms with Crippen molar-refractivity contribution in [3.63, 3.8) is 0 Å². The number of benzene rings is 1. The second-order valence-electron chi connectivity index (χ2n) is 5.74. The fraction of sp³-hybridized carbons (Fsp3) is 0.353. The van der Waals surface area contributed by atoms with Gasteiger partial charge in [0.05, 0.1) is 19.6 Å². The van der Waals surface area contributed by atoms with E-state index in [2.05, 4.69) is 15.3 Å². The Morgan fingerprint density at radius 3 is 2.84 bits per heavy atom. The number of ether oxygens (including phenoxy) is 1. The average molecular weight is 343 g/mol. The van der Waals surface area contributed by atoms with Crippen molar-refractivity contribution >= 4 is 17.4 Å². The van der Waals surface area contributed by atoms with E-state index in [1.54, 1.807) is 6.07 Å². The number of nitrogens with zero attached hydrogens (tertiary/aromatic N) is 2. The molecule has 1 aromatic carbocycles. The van der Waals surface area contributed by atoms with Gasteiger partial charge in [-0.15, -0.1) is 0 Å². The lowest BCUT2D eigenvalue weighted by molar-refractivity contribution is -0.115. The van der Waals surface area contributed by atoms with Crippen molar-refractivity contribution in [2.75, 3.05) is 36.5 Å². The molecule has 8 nitrogen and oxygen atoms in total. The lowest BCUT2D eigenvalue weighted by Gasteiger charge is -2.27. The molecule has 1 aliphatic heterocycles. The van der Waals surface area contributed by atoms with Crippen LogP contribution in [0.2, 0.25) is 0 Å². The summed E-state index contributed by atoms with van der Waals surface area (Å²) in [4.78, 5) is 33.2. The predicted molar refractivity (Wildman–Crippen MR) is 94.6 cm³/mol. The highest BCUT2D eigenvalue weighted by Gasteiger charge is 2.15. The number of para-hydroxylation sites is 1. The number of nitrogens with one attached hydrogen (secondary N) is 2. The number of amides is 1. The number of aromatic amines is 1. The smallest absolute Gasteiger partial charge is 0.252 e. The summed E-state index contributed by atoms with van der Waals surface area (Å²) in [5, 5.41) is 2.81. The van der Waals surface area contributed by atoms with Gasteiger partial charge in [-0.3, -0.25) is 9.59 Å². The molecule has 132 valence electrons. The second kappa shape index (κ2) is 7.91. The van der Waals surface area contributed by atoms with Crippen LogP contribution in [0, 0.1) is 0 Å². The van der Waals surface area contributed by atoms with Crippen LogP contribution in [0.3, 0.4) is 0 Å². The minimum Gasteiger partial charge on any atom is -0.378 e. The van der Waals surface area contributed by atoms with Crippen LogP contribution in [0.4, 0.5) is 11.5 Å². The van der Waals surface area contributed by atoms with Crippen molar-refractivity contribution in [1.82, 2.24) is 9.97 Å². The van der Waals surface area contributed by atoms with Crippen molar-refractivity contribution in [1.29, 1.82) is 0 Å². The Balaban J connectivity index is 1.72. The molecule has 0 aliphatic carbocycles. The topological polar surface area (TPSA) is 113 Å². The molecule has 0 atom stereocenters. The van der Waals surface area contributed by atoms with Gasteiger partial charge in [0.15, 0.2) is 0 Å². The van der Waals surface area contributed by atoms with Crippen LogP contribution in [0.15, 0.2) is 35.1 Å². The van der Waals surface area contributed by atoms with E-state index in [4.69, 9.17) is 10.5 Å². The Bertz CT molecular complexity index is 799. The minimum atomic E-state index is -0.276. The molecular formula is C17H21N5O3. The Hall–Kier alpha value is -2.71. The molecule has 1 saturated heterocycles. The number of nitrogens with two attached hydrogens (primary N) is 1. The minimum absolute atomic E-state index is 0.0215. The maximum absolute atomic E-state index is 12.3. The first-order valence-corrected chi connectivity index (χ1v) is 8.16. The largest absolute Gasteiger partial charge is 0.378 e. The molecule has 4 N–H and O–H groups in total. The number of carbonyl (C=O) groups is 1. The number of rotatable bonds is 5. The quantitative estimate of drug-likeness (QED) is 0.717. The van der Waals surface area contributed by atoms with Crippen molar-refractivity contribution in [3.8, 4) is 0 Å². The van der Waals surface area contributed by atoms with E-state index >= 15 is 0 Å². The fourth-order valence-corrected chi connectivity index (χ4v) is 2.70. The molecule has 0 bridgehead atoms. The van der Waals surface area contributed by atoms with Gasteiger partial charge in [-0.2, -0.15) is 0 Å². The lowest BCUT2D eigenvalue weighted by atomic mass is 10.1. The SMILES string of the molecule is NCc1ccccc1NC(=O)Cc1nc(N2CCOCC2)cc(=O)[nH]1. The van der Waals surface area contributed by atoms with Gasteiger partial charge >= 0.3 is 0 Å². The first-order valence-electron chi connectivity index (χ1n) is 8.16. The van der Waals surface area contributed by atoms with Crippen LogP contribution in [-0.2, 0) is 22.5 Å². The third kappa shape index (κ3) is 4.43. The van der Waals surface area contributed by atoms with Gasteiger partial charge in [0.25, 0.3) is 5.56 Å². The summed E-state index contributed by atoms with van der Waals surface area (Å²) < 4.78 is 5.30. The van der Waals surface area contributed by atoms with Crippen LogP contribution in [0.25, 0.3) is 0 Å². The van der Waals surface area contributed by atoms with Gasteiger partial charge in [-0.25, -0.2) is 4.98 Å². The van der Waals surface area contributed by atoms with E-state index in [9.17, 15) is 9.59 Å². The van der Waals surface area contributed by atoms with E-state index in [1.165, 1.54) is 6.07 Å². The van der Waals surface area contributed by atoms with E-state index < -0.39 is 0 Å². The third-order valence-corrected chi connectivity index (χ3v) is 3.95. The van der Waals surface area contributed by atoms with E-state index in [0.29, 0.717) is 50.2 Å². The summed E-state index contributed by atoms with van der Waals surface area (Å²) in [5.74, 6) is 0.636. The van der Waals surface area contributed by atoms with Crippen LogP contribution < -0.4 is 21.5 Å². The molecular weight excluding hydrogens is 322 g/mol. The first kappa shape index (κ1) is 17.1. The number of morpholine rings is 1. The molecule has 1 aromatic heterocycles. The number of anilines is 2. The van der Waals surface area contributed by atoms with Crippen molar-refractivity contribution in [2.24, 2.45) is 5.73 Å². The van der Waals surface area contributed by atoms with Crippen LogP contribution in [-0.4, -0.2) is 42.2 Å². The van der Waals surface area contributed by atoms with Gasteiger partial charge in [0, 0.05) is 31.4 Å². The lowest BCUT2D eigenvalue weighted by Crippen LogP contribution is -2.37. The molecule has 25 heavy (non-hydrogen) atoms. The first-order chi connectivity index (χ1) is 12.2. The molecule has 2 aromatic rings. The van der Waals surface area contributed by atoms with Crippen molar-refractivity contribution < 1.29 is 9.53 Å². The molecule has 1 fully saturated rings. The van der Waals surface area contributed by atoms with Crippen LogP contribution >= 0.6 is 0 Å². The van der Waals surface area contributed by atoms with Crippen molar-refractivity contribution in [3.05, 3.63) is 52.1 Å². The number of hydrogen-bond donors (Lipinski definition) is 3. The predicted octanol–water partition coefficient (Wildman–Crippen LogP) is 0.246. The van der Waals surface area contributed by atoms with E-state index in [1.807, 2.05) is 23.1 Å². The average Bonchev–Trinajstić information content (AvgIpc) is 2.62. The third-order valence-electron chi connectivity index (χ3n) is 3.95. The molecule has 2 heterocycles. The molecule has 1 amide bonds. The summed E-state index contributed by atoms with van der Waals surface area (Å²) in [7, 11) is 0. The van der Waals surface area contributed by atoms with Crippen LogP contribution in [0.5, 0.6) is 0 Å². The Morgan fingerprint density at radius 2 is 2.08 bits per heavy atom. The highest BCUT2D eigenvalue weighted by Crippen LogP contribution is 2.15. The summed E-state index contributed by atoms with van der Waals surface area (Å²) in [5.41, 5.74) is 6.91. The number of carbonyl (C=O) groups excluding carboxylic acids is 1. The van der Waals surface area contributed by atoms with Gasteiger partial charge in [0.2, 0.25) is 5.91 Å². The van der Waals surface area contributed by atoms with Gasteiger partial charge in [-0.05, 0) is 11.6 Å². The van der Waals surface area contributed by atoms with E-state index in [-0.39, 0.29) is 17.9 Å². The van der Waals surface area contributed by atoms with Gasteiger partial charge < -0.3 is 25.7 Å². The zero-order valence-electron chi connectivity index (χ0n) is 13.8. The Labute approximate surface area is 145 Å². The van der Waals surface area contributed by atoms with Gasteiger partial charge in [0.1, 0.15) is 11.6 Å². The second-order valence-corrected chi connectivity index (χ2v) is 5.74. The highest BCUT2D eigenvalue weighted by atomic mass is 16.5. The zero-order valence-corrected chi connectivity index (χ0v) is 13.8. The van der Waals surface area contributed by atoms with E-state index in [0.717, 1.165) is 5.56 Å². The molecule has 0 unspecified atom stereocenters. The summed E-state index contributed by atoms with van der Waals surface area (Å²) >= 11 is 0. The summed E-state index contributed by atoms with van der Waals surface area (Å²) in [6, 6.07) is 8.78. The molecule has 0 radical (unpaired) electrons. The number of H-pyrrole nitrogens is 1. The highest BCUT2D eigenvalue weighted by molar-refractivity contribution is 5.92. The Morgan fingerprint density at radius 1 is 1.32 bits per heavy atom. The molecule has 8 heteroatoms.